The highest BCUT2D eigenvalue weighted by Gasteiger charge is 2.07. The molecule has 5 heteroatoms. The van der Waals surface area contributed by atoms with E-state index < -0.39 is 5.91 Å². The fourth-order valence-electron chi connectivity index (χ4n) is 1.49. The van der Waals surface area contributed by atoms with Gasteiger partial charge in [0, 0.05) is 30.4 Å². The summed E-state index contributed by atoms with van der Waals surface area (Å²) in [5.41, 5.74) is 6.10. The number of ether oxygens (including phenoxy) is 1. The van der Waals surface area contributed by atoms with Crippen molar-refractivity contribution in [3.63, 3.8) is 0 Å². The number of nitrogens with one attached hydrogen (secondary N) is 2. The van der Waals surface area contributed by atoms with Crippen molar-refractivity contribution >= 4 is 11.6 Å². The normalized spacial score (nSPS) is 11.1. The van der Waals surface area contributed by atoms with Crippen LogP contribution in [0.15, 0.2) is 24.3 Å². The number of primary amides is 1. The minimum Gasteiger partial charge on any atom is -0.484 e. The summed E-state index contributed by atoms with van der Waals surface area (Å²) in [4.78, 5) is 10.6. The van der Waals surface area contributed by atoms with E-state index in [1.165, 1.54) is 0 Å². The fourth-order valence-corrected chi connectivity index (χ4v) is 1.49. The van der Waals surface area contributed by atoms with Crippen LogP contribution in [0.4, 0.5) is 5.69 Å². The van der Waals surface area contributed by atoms with Gasteiger partial charge in [0.1, 0.15) is 5.75 Å². The molecule has 0 fully saturated rings. The summed E-state index contributed by atoms with van der Waals surface area (Å²) in [5, 5.41) is 6.68. The van der Waals surface area contributed by atoms with Crippen molar-refractivity contribution in [2.24, 2.45) is 5.73 Å². The fraction of sp³-hybridized carbons (Fsp3) is 0.500. The van der Waals surface area contributed by atoms with Gasteiger partial charge < -0.3 is 21.1 Å². The average Bonchev–Trinajstić information content (AvgIpc) is 2.32. The Balaban J connectivity index is 2.37. The van der Waals surface area contributed by atoms with Crippen molar-refractivity contribution in [1.82, 2.24) is 5.32 Å². The van der Waals surface area contributed by atoms with Crippen molar-refractivity contribution in [3.8, 4) is 5.75 Å². The molecule has 5 nitrogen and oxygen atoms in total. The van der Waals surface area contributed by atoms with Crippen molar-refractivity contribution in [2.45, 2.75) is 26.3 Å². The van der Waals surface area contributed by atoms with Gasteiger partial charge >= 0.3 is 0 Å². The van der Waals surface area contributed by atoms with Crippen molar-refractivity contribution in [1.29, 1.82) is 0 Å². The predicted octanol–water partition coefficient (Wildman–Crippen LogP) is 1.35. The topological polar surface area (TPSA) is 76.4 Å². The van der Waals surface area contributed by atoms with Crippen LogP contribution in [0.1, 0.15) is 20.8 Å². The third kappa shape index (κ3) is 7.31. The molecule has 0 aliphatic rings. The van der Waals surface area contributed by atoms with Gasteiger partial charge in [0.2, 0.25) is 0 Å². The molecule has 1 amide bonds. The number of amides is 1. The van der Waals surface area contributed by atoms with Crippen LogP contribution in [0.3, 0.4) is 0 Å². The Bertz CT molecular complexity index is 413. The van der Waals surface area contributed by atoms with Gasteiger partial charge in [-0.3, -0.25) is 4.79 Å². The molecule has 0 saturated carbocycles. The Morgan fingerprint density at radius 3 is 2.68 bits per heavy atom. The SMILES string of the molecule is CC(C)(C)NCCNc1cccc(OCC(N)=O)c1. The zero-order chi connectivity index (χ0) is 14.3. The Morgan fingerprint density at radius 2 is 2.05 bits per heavy atom. The second-order valence-corrected chi connectivity index (χ2v) is 5.39. The molecule has 0 radical (unpaired) electrons. The molecule has 1 rings (SSSR count). The lowest BCUT2D eigenvalue weighted by Crippen LogP contribution is -2.38. The lowest BCUT2D eigenvalue weighted by atomic mass is 10.1. The van der Waals surface area contributed by atoms with E-state index in [-0.39, 0.29) is 12.1 Å². The molecule has 1 aromatic rings. The highest BCUT2D eigenvalue weighted by molar-refractivity contribution is 5.75. The number of nitrogens with two attached hydrogens (primary N) is 1. The van der Waals surface area contributed by atoms with Crippen LogP contribution in [0.2, 0.25) is 0 Å². The number of carbonyl (C=O) groups is 1. The molecule has 0 saturated heterocycles. The van der Waals surface area contributed by atoms with Gasteiger partial charge in [-0.05, 0) is 32.9 Å². The molecule has 0 atom stereocenters. The second-order valence-electron chi connectivity index (χ2n) is 5.39. The summed E-state index contributed by atoms with van der Waals surface area (Å²) in [7, 11) is 0. The summed E-state index contributed by atoms with van der Waals surface area (Å²) in [6, 6.07) is 7.46. The minimum atomic E-state index is -0.479. The molecule has 106 valence electrons. The van der Waals surface area contributed by atoms with Crippen LogP contribution in [-0.2, 0) is 4.79 Å². The van der Waals surface area contributed by atoms with Gasteiger partial charge in [-0.25, -0.2) is 0 Å². The number of anilines is 1. The molecule has 4 N–H and O–H groups in total. The van der Waals surface area contributed by atoms with Crippen LogP contribution in [-0.4, -0.2) is 31.1 Å². The van der Waals surface area contributed by atoms with Crippen LogP contribution in [0.25, 0.3) is 0 Å². The molecular formula is C14H23N3O2. The first-order chi connectivity index (χ1) is 8.87. The number of hydrogen-bond acceptors (Lipinski definition) is 4. The number of carbonyl (C=O) groups excluding carboxylic acids is 1. The molecule has 0 aromatic heterocycles. The first-order valence-electron chi connectivity index (χ1n) is 6.37. The maximum Gasteiger partial charge on any atom is 0.255 e. The van der Waals surface area contributed by atoms with E-state index in [4.69, 9.17) is 10.5 Å². The Morgan fingerprint density at radius 1 is 1.32 bits per heavy atom. The maximum absolute atomic E-state index is 10.6. The summed E-state index contributed by atoms with van der Waals surface area (Å²) in [6.07, 6.45) is 0. The highest BCUT2D eigenvalue weighted by atomic mass is 16.5. The molecule has 0 unspecified atom stereocenters. The van der Waals surface area contributed by atoms with E-state index in [9.17, 15) is 4.79 Å². The van der Waals surface area contributed by atoms with Crippen LogP contribution < -0.4 is 21.1 Å². The van der Waals surface area contributed by atoms with Crippen LogP contribution >= 0.6 is 0 Å². The second kappa shape index (κ2) is 6.99. The first kappa shape index (κ1) is 15.3. The molecule has 1 aromatic carbocycles. The van der Waals surface area contributed by atoms with E-state index in [1.807, 2.05) is 18.2 Å². The van der Waals surface area contributed by atoms with E-state index in [1.54, 1.807) is 6.07 Å². The largest absolute Gasteiger partial charge is 0.484 e. The van der Waals surface area contributed by atoms with Gasteiger partial charge in [-0.2, -0.15) is 0 Å². The van der Waals surface area contributed by atoms with Crippen molar-refractivity contribution < 1.29 is 9.53 Å². The number of rotatable bonds is 7. The van der Waals surface area contributed by atoms with Gasteiger partial charge in [0.15, 0.2) is 6.61 Å². The quantitative estimate of drug-likeness (QED) is 0.650. The summed E-state index contributed by atoms with van der Waals surface area (Å²) in [6.45, 7) is 7.98. The van der Waals surface area contributed by atoms with Gasteiger partial charge in [0.05, 0.1) is 0 Å². The molecule has 0 spiro atoms. The third-order valence-electron chi connectivity index (χ3n) is 2.32. The Labute approximate surface area is 114 Å². The predicted molar refractivity (Wildman–Crippen MR) is 77.4 cm³/mol. The highest BCUT2D eigenvalue weighted by Crippen LogP contribution is 2.16. The van der Waals surface area contributed by atoms with E-state index in [2.05, 4.69) is 31.4 Å². The van der Waals surface area contributed by atoms with Crippen molar-refractivity contribution in [3.05, 3.63) is 24.3 Å². The summed E-state index contributed by atoms with van der Waals surface area (Å²) >= 11 is 0. The lowest BCUT2D eigenvalue weighted by molar-refractivity contribution is -0.119. The lowest BCUT2D eigenvalue weighted by Gasteiger charge is -2.20. The molecular weight excluding hydrogens is 242 g/mol. The molecule has 0 heterocycles. The van der Waals surface area contributed by atoms with E-state index in [0.717, 1.165) is 18.8 Å². The standard InChI is InChI=1S/C14H23N3O2/c1-14(2,3)17-8-7-16-11-5-4-6-12(9-11)19-10-13(15)18/h4-6,9,16-17H,7-8,10H2,1-3H3,(H2,15,18). The Hall–Kier alpha value is -1.75. The third-order valence-corrected chi connectivity index (χ3v) is 2.32. The van der Waals surface area contributed by atoms with Crippen LogP contribution in [0, 0.1) is 0 Å². The van der Waals surface area contributed by atoms with Crippen LogP contribution in [0.5, 0.6) is 5.75 Å². The number of benzene rings is 1. The van der Waals surface area contributed by atoms with Gasteiger partial charge in [-0.1, -0.05) is 6.07 Å². The monoisotopic (exact) mass is 265 g/mol. The molecule has 0 aliphatic carbocycles. The van der Waals surface area contributed by atoms with Crippen molar-refractivity contribution in [2.75, 3.05) is 25.0 Å². The Kier molecular flexibility index (Phi) is 5.63. The number of hydrogen-bond donors (Lipinski definition) is 3. The smallest absolute Gasteiger partial charge is 0.255 e. The minimum absolute atomic E-state index is 0.102. The van der Waals surface area contributed by atoms with E-state index >= 15 is 0 Å². The zero-order valence-corrected chi connectivity index (χ0v) is 11.8. The first-order valence-corrected chi connectivity index (χ1v) is 6.37. The molecule has 0 aliphatic heterocycles. The average molecular weight is 265 g/mol. The van der Waals surface area contributed by atoms with Gasteiger partial charge in [0.25, 0.3) is 5.91 Å². The zero-order valence-electron chi connectivity index (χ0n) is 11.8. The summed E-state index contributed by atoms with van der Waals surface area (Å²) < 4.78 is 5.24. The molecule has 0 bridgehead atoms. The maximum atomic E-state index is 10.6. The molecule has 19 heavy (non-hydrogen) atoms. The van der Waals surface area contributed by atoms with E-state index in [0.29, 0.717) is 5.75 Å². The van der Waals surface area contributed by atoms with Gasteiger partial charge in [-0.15, -0.1) is 0 Å². The summed E-state index contributed by atoms with van der Waals surface area (Å²) in [5.74, 6) is 0.153.